The fraction of sp³-hybridized carbons (Fsp3) is 0.0667. The number of nitrogens with zero attached hydrogens (tertiary/aromatic N) is 3. The fourth-order valence-corrected chi connectivity index (χ4v) is 1.92. The number of fused-ring (bicyclic) bond motifs is 1. The largest absolute Gasteiger partial charge is 0.489 e. The van der Waals surface area contributed by atoms with Gasteiger partial charge in [-0.05, 0) is 18.2 Å². The highest BCUT2D eigenvalue weighted by Gasteiger charge is 2.09. The molecule has 0 radical (unpaired) electrons. The summed E-state index contributed by atoms with van der Waals surface area (Å²) in [5.41, 5.74) is 7.28. The summed E-state index contributed by atoms with van der Waals surface area (Å²) in [4.78, 5) is 1.42. The van der Waals surface area contributed by atoms with Crippen molar-refractivity contribution in [3.63, 3.8) is 0 Å². The molecule has 1 aromatic heterocycles. The third kappa shape index (κ3) is 2.55. The Kier molecular flexibility index (Phi) is 3.27. The van der Waals surface area contributed by atoms with Crippen LogP contribution < -0.4 is 10.5 Å². The van der Waals surface area contributed by atoms with Gasteiger partial charge in [-0.2, -0.15) is 4.80 Å². The number of ether oxygens (including phenoxy) is 1. The third-order valence-electron chi connectivity index (χ3n) is 2.92. The number of anilines is 1. The lowest BCUT2D eigenvalue weighted by atomic mass is 10.3. The van der Waals surface area contributed by atoms with Gasteiger partial charge in [-0.15, -0.1) is 10.2 Å². The summed E-state index contributed by atoms with van der Waals surface area (Å²) < 4.78 is 18.9. The van der Waals surface area contributed by atoms with Gasteiger partial charge in [-0.1, -0.05) is 18.7 Å². The molecule has 3 aromatic rings. The number of hydrogen-bond donors (Lipinski definition) is 1. The van der Waals surface area contributed by atoms with Crippen LogP contribution >= 0.6 is 0 Å². The fourth-order valence-electron chi connectivity index (χ4n) is 1.92. The van der Waals surface area contributed by atoms with Crippen molar-refractivity contribution in [1.29, 1.82) is 0 Å². The van der Waals surface area contributed by atoms with Crippen LogP contribution in [0.2, 0.25) is 0 Å². The van der Waals surface area contributed by atoms with Crippen molar-refractivity contribution in [3.05, 3.63) is 54.9 Å². The highest BCUT2D eigenvalue weighted by atomic mass is 19.1. The van der Waals surface area contributed by atoms with Crippen LogP contribution in [0.15, 0.2) is 49.1 Å². The molecule has 3 rings (SSSR count). The highest BCUT2D eigenvalue weighted by Crippen LogP contribution is 2.20. The first-order chi connectivity index (χ1) is 10.2. The topological polar surface area (TPSA) is 66.0 Å². The first-order valence-electron chi connectivity index (χ1n) is 6.33. The minimum Gasteiger partial charge on any atom is -0.489 e. The molecule has 2 aromatic carbocycles. The molecule has 0 saturated carbocycles. The van der Waals surface area contributed by atoms with Gasteiger partial charge in [0.25, 0.3) is 0 Å². The molecule has 0 aliphatic heterocycles. The van der Waals surface area contributed by atoms with E-state index in [9.17, 15) is 4.39 Å². The molecule has 0 amide bonds. The number of rotatable bonds is 4. The molecule has 0 bridgehead atoms. The average Bonchev–Trinajstić information content (AvgIpc) is 2.89. The van der Waals surface area contributed by atoms with Crippen LogP contribution in [-0.2, 0) is 0 Å². The van der Waals surface area contributed by atoms with Crippen molar-refractivity contribution in [1.82, 2.24) is 15.0 Å². The molecular formula is C15H13FN4O. The van der Waals surface area contributed by atoms with E-state index in [1.807, 2.05) is 18.2 Å². The Morgan fingerprint density at radius 1 is 1.24 bits per heavy atom. The molecule has 106 valence electrons. The van der Waals surface area contributed by atoms with Crippen LogP contribution in [0.1, 0.15) is 0 Å². The van der Waals surface area contributed by atoms with Crippen LogP contribution in [0.5, 0.6) is 5.75 Å². The Hall–Kier alpha value is -2.89. The van der Waals surface area contributed by atoms with Crippen LogP contribution in [0.4, 0.5) is 10.1 Å². The van der Waals surface area contributed by atoms with Gasteiger partial charge in [-0.25, -0.2) is 4.39 Å². The van der Waals surface area contributed by atoms with Gasteiger partial charge in [-0.3, -0.25) is 0 Å². The summed E-state index contributed by atoms with van der Waals surface area (Å²) in [5.74, 6) is 0.178. The molecule has 5 nitrogen and oxygen atoms in total. The summed E-state index contributed by atoms with van der Waals surface area (Å²) >= 11 is 0. The van der Waals surface area contributed by atoms with E-state index >= 15 is 0 Å². The molecule has 0 spiro atoms. The van der Waals surface area contributed by atoms with Crippen LogP contribution in [0, 0.1) is 5.82 Å². The van der Waals surface area contributed by atoms with Gasteiger partial charge < -0.3 is 10.5 Å². The molecule has 0 aliphatic carbocycles. The second kappa shape index (κ2) is 5.24. The maximum atomic E-state index is 13.4. The Labute approximate surface area is 120 Å². The molecule has 0 saturated heterocycles. The predicted molar refractivity (Wildman–Crippen MR) is 78.9 cm³/mol. The summed E-state index contributed by atoms with van der Waals surface area (Å²) in [6.07, 6.45) is 1.67. The van der Waals surface area contributed by atoms with E-state index in [1.54, 1.807) is 12.1 Å². The second-order valence-electron chi connectivity index (χ2n) is 4.45. The first kappa shape index (κ1) is 13.1. The summed E-state index contributed by atoms with van der Waals surface area (Å²) in [6.45, 7) is 4.02. The maximum absolute atomic E-state index is 13.4. The van der Waals surface area contributed by atoms with E-state index in [0.29, 0.717) is 29.1 Å². The monoisotopic (exact) mass is 284 g/mol. The van der Waals surface area contributed by atoms with E-state index in [0.717, 1.165) is 0 Å². The lowest BCUT2D eigenvalue weighted by Gasteiger charge is -2.05. The van der Waals surface area contributed by atoms with Gasteiger partial charge >= 0.3 is 0 Å². The second-order valence-corrected chi connectivity index (χ2v) is 4.45. The van der Waals surface area contributed by atoms with E-state index in [2.05, 4.69) is 16.8 Å². The lowest BCUT2D eigenvalue weighted by Crippen LogP contribution is -1.99. The summed E-state index contributed by atoms with van der Waals surface area (Å²) in [7, 11) is 0. The Morgan fingerprint density at radius 2 is 2.00 bits per heavy atom. The predicted octanol–water partition coefficient (Wildman–Crippen LogP) is 2.71. The number of nitrogen functional groups attached to an aromatic ring is 1. The molecule has 0 unspecified atom stereocenters. The number of halogens is 1. The summed E-state index contributed by atoms with van der Waals surface area (Å²) in [5, 5.41) is 8.53. The van der Waals surface area contributed by atoms with E-state index < -0.39 is 5.82 Å². The minimum atomic E-state index is -0.502. The van der Waals surface area contributed by atoms with Gasteiger partial charge in [0.15, 0.2) is 0 Å². The average molecular weight is 284 g/mol. The maximum Gasteiger partial charge on any atom is 0.148 e. The molecule has 1 heterocycles. The quantitative estimate of drug-likeness (QED) is 0.591. The van der Waals surface area contributed by atoms with Crippen LogP contribution in [-0.4, -0.2) is 21.6 Å². The molecule has 0 aliphatic rings. The van der Waals surface area contributed by atoms with Gasteiger partial charge in [0.1, 0.15) is 29.2 Å². The Bertz CT molecular complexity index is 774. The lowest BCUT2D eigenvalue weighted by molar-refractivity contribution is 0.363. The molecule has 0 atom stereocenters. The zero-order valence-corrected chi connectivity index (χ0v) is 11.2. The number of nitrogens with two attached hydrogens (primary N) is 1. The van der Waals surface area contributed by atoms with Gasteiger partial charge in [0.2, 0.25) is 0 Å². The van der Waals surface area contributed by atoms with E-state index in [4.69, 9.17) is 10.5 Å². The summed E-state index contributed by atoms with van der Waals surface area (Å²) in [6, 6.07) is 10.0. The number of hydrogen-bond acceptors (Lipinski definition) is 4. The van der Waals surface area contributed by atoms with Crippen molar-refractivity contribution < 1.29 is 9.13 Å². The van der Waals surface area contributed by atoms with Gasteiger partial charge in [0.05, 0.1) is 11.4 Å². The molecule has 0 fully saturated rings. The van der Waals surface area contributed by atoms with Crippen molar-refractivity contribution in [2.45, 2.75) is 0 Å². The highest BCUT2D eigenvalue weighted by molar-refractivity contribution is 5.78. The van der Waals surface area contributed by atoms with Crippen molar-refractivity contribution >= 4 is 16.7 Å². The van der Waals surface area contributed by atoms with Crippen LogP contribution in [0.25, 0.3) is 16.7 Å². The standard InChI is InChI=1S/C15H13FN4O/c1-2-6-21-11-5-3-4-10(7-11)20-18-14-8-12(16)13(17)9-15(14)19-20/h2-5,7-9H,1,6,17H2. The SMILES string of the molecule is C=CCOc1cccc(-n2nc3cc(N)c(F)cc3n2)c1. The third-order valence-corrected chi connectivity index (χ3v) is 2.92. The van der Waals surface area contributed by atoms with E-state index in [-0.39, 0.29) is 5.69 Å². The zero-order valence-electron chi connectivity index (χ0n) is 11.2. The number of aromatic nitrogens is 3. The molecular weight excluding hydrogens is 271 g/mol. The molecule has 2 N–H and O–H groups in total. The first-order valence-corrected chi connectivity index (χ1v) is 6.33. The number of benzene rings is 2. The van der Waals surface area contributed by atoms with Crippen molar-refractivity contribution in [2.24, 2.45) is 0 Å². The normalized spacial score (nSPS) is 10.7. The van der Waals surface area contributed by atoms with Gasteiger partial charge in [0, 0.05) is 12.1 Å². The van der Waals surface area contributed by atoms with E-state index in [1.165, 1.54) is 16.9 Å². The minimum absolute atomic E-state index is 0.0533. The van der Waals surface area contributed by atoms with Crippen LogP contribution in [0.3, 0.4) is 0 Å². The Balaban J connectivity index is 2.01. The molecule has 21 heavy (non-hydrogen) atoms. The Morgan fingerprint density at radius 3 is 2.76 bits per heavy atom. The van der Waals surface area contributed by atoms with Crippen molar-refractivity contribution in [2.75, 3.05) is 12.3 Å². The van der Waals surface area contributed by atoms with Crippen molar-refractivity contribution in [3.8, 4) is 11.4 Å². The zero-order chi connectivity index (χ0) is 14.8. The smallest absolute Gasteiger partial charge is 0.148 e. The molecule has 6 heteroatoms.